The van der Waals surface area contributed by atoms with Gasteiger partial charge in [-0.3, -0.25) is 4.79 Å². The van der Waals surface area contributed by atoms with Crippen LogP contribution in [0, 0.1) is 0 Å². The molecule has 2 aliphatic rings. The molecule has 3 rings (SSSR count). The first kappa shape index (κ1) is 16.2. The number of halogens is 1. The molecule has 0 aliphatic carbocycles. The van der Waals surface area contributed by atoms with Gasteiger partial charge in [0.1, 0.15) is 5.25 Å². The summed E-state index contributed by atoms with van der Waals surface area (Å²) in [6.45, 7) is 1.95. The first-order chi connectivity index (χ1) is 10.9. The maximum Gasteiger partial charge on any atom is 0.307 e. The van der Waals surface area contributed by atoms with E-state index >= 15 is 0 Å². The largest absolute Gasteiger partial charge is 0.372 e. The van der Waals surface area contributed by atoms with Crippen molar-refractivity contribution in [2.24, 2.45) is 0 Å². The topological polar surface area (TPSA) is 57.7 Å². The molecule has 2 heterocycles. The Morgan fingerprint density at radius 1 is 0.957 bits per heavy atom. The maximum atomic E-state index is 13.1. The van der Waals surface area contributed by atoms with E-state index in [1.54, 1.807) is 0 Å². The van der Waals surface area contributed by atoms with Crippen molar-refractivity contribution in [1.29, 1.82) is 0 Å². The Bertz CT molecular complexity index is 667. The van der Waals surface area contributed by atoms with Crippen molar-refractivity contribution in [3.8, 4) is 0 Å². The van der Waals surface area contributed by atoms with Crippen LogP contribution in [-0.4, -0.2) is 39.2 Å². The van der Waals surface area contributed by atoms with E-state index in [1.807, 2.05) is 24.3 Å². The predicted octanol–water partition coefficient (Wildman–Crippen LogP) is 2.47. The highest BCUT2D eigenvalue weighted by atomic mass is 32.3. The van der Waals surface area contributed by atoms with Gasteiger partial charge in [0.25, 0.3) is 0 Å². The molecule has 0 aromatic heterocycles. The van der Waals surface area contributed by atoms with Crippen LogP contribution in [0.15, 0.2) is 24.3 Å². The SMILES string of the molecule is O=C1CC(S(=O)(=O)F)CN1c1ccc(N2CCCCCC2)cc1. The van der Waals surface area contributed by atoms with Gasteiger partial charge in [0.05, 0.1) is 0 Å². The van der Waals surface area contributed by atoms with Crippen LogP contribution >= 0.6 is 0 Å². The summed E-state index contributed by atoms with van der Waals surface area (Å²) in [5.41, 5.74) is 1.73. The lowest BCUT2D eigenvalue weighted by molar-refractivity contribution is -0.117. The van der Waals surface area contributed by atoms with Gasteiger partial charge in [0.2, 0.25) is 5.91 Å². The lowest BCUT2D eigenvalue weighted by Gasteiger charge is -2.24. The van der Waals surface area contributed by atoms with E-state index in [9.17, 15) is 17.1 Å². The summed E-state index contributed by atoms with van der Waals surface area (Å²) < 4.78 is 35.1. The van der Waals surface area contributed by atoms with Crippen molar-refractivity contribution < 1.29 is 17.1 Å². The second kappa shape index (κ2) is 6.47. The van der Waals surface area contributed by atoms with Crippen molar-refractivity contribution in [3.05, 3.63) is 24.3 Å². The molecule has 1 aromatic rings. The minimum absolute atomic E-state index is 0.110. The minimum atomic E-state index is -4.68. The van der Waals surface area contributed by atoms with Crippen molar-refractivity contribution in [3.63, 3.8) is 0 Å². The van der Waals surface area contributed by atoms with Crippen molar-refractivity contribution >= 4 is 27.5 Å². The number of nitrogens with zero attached hydrogens (tertiary/aromatic N) is 2. The van der Waals surface area contributed by atoms with Gasteiger partial charge >= 0.3 is 10.2 Å². The standard InChI is InChI=1S/C16H21FN2O3S/c17-23(21,22)15-11-16(20)19(12-15)14-7-5-13(6-8-14)18-9-3-1-2-4-10-18/h5-8,15H,1-4,9-12H2. The number of carbonyl (C=O) groups is 1. The quantitative estimate of drug-likeness (QED) is 0.793. The van der Waals surface area contributed by atoms with Crippen LogP contribution in [0.25, 0.3) is 0 Å². The van der Waals surface area contributed by atoms with E-state index < -0.39 is 15.5 Å². The zero-order chi connectivity index (χ0) is 16.4. The fourth-order valence-corrected chi connectivity index (χ4v) is 3.95. The third-order valence-electron chi connectivity index (χ3n) is 4.62. The first-order valence-corrected chi connectivity index (χ1v) is 9.49. The molecule has 2 fully saturated rings. The summed E-state index contributed by atoms with van der Waals surface area (Å²) in [4.78, 5) is 15.6. The molecular weight excluding hydrogens is 319 g/mol. The van der Waals surface area contributed by atoms with Crippen LogP contribution in [0.3, 0.4) is 0 Å². The normalized spacial score (nSPS) is 23.2. The van der Waals surface area contributed by atoms with E-state index in [1.165, 1.54) is 30.6 Å². The highest BCUT2D eigenvalue weighted by Crippen LogP contribution is 2.28. The predicted molar refractivity (Wildman–Crippen MR) is 87.9 cm³/mol. The molecule has 5 nitrogen and oxygen atoms in total. The number of anilines is 2. The molecule has 1 amide bonds. The Balaban J connectivity index is 1.73. The lowest BCUT2D eigenvalue weighted by atomic mass is 10.2. The van der Waals surface area contributed by atoms with Crippen LogP contribution < -0.4 is 9.80 Å². The van der Waals surface area contributed by atoms with E-state index in [-0.39, 0.29) is 18.9 Å². The zero-order valence-electron chi connectivity index (χ0n) is 12.9. The summed E-state index contributed by atoms with van der Waals surface area (Å²) in [7, 11) is -4.68. The average molecular weight is 340 g/mol. The number of hydrogen-bond donors (Lipinski definition) is 0. The van der Waals surface area contributed by atoms with Gasteiger partial charge in [-0.05, 0) is 37.1 Å². The summed E-state index contributed by atoms with van der Waals surface area (Å²) in [6.07, 6.45) is 4.60. The Morgan fingerprint density at radius 2 is 1.52 bits per heavy atom. The highest BCUT2D eigenvalue weighted by molar-refractivity contribution is 7.87. The third-order valence-corrected chi connectivity index (χ3v) is 5.73. The number of benzene rings is 1. The lowest BCUT2D eigenvalue weighted by Crippen LogP contribution is -2.27. The summed E-state index contributed by atoms with van der Waals surface area (Å²) in [5.74, 6) is -0.348. The molecule has 1 aromatic carbocycles. The molecule has 7 heteroatoms. The number of carbonyl (C=O) groups excluding carboxylic acids is 1. The summed E-state index contributed by atoms with van der Waals surface area (Å²) in [5, 5.41) is -1.25. The van der Waals surface area contributed by atoms with Crippen LogP contribution in [0.4, 0.5) is 15.3 Å². The van der Waals surface area contributed by atoms with Crippen molar-refractivity contribution in [2.45, 2.75) is 37.4 Å². The van der Waals surface area contributed by atoms with Gasteiger partial charge in [0.15, 0.2) is 0 Å². The first-order valence-electron chi connectivity index (χ1n) is 8.04. The van der Waals surface area contributed by atoms with E-state index in [2.05, 4.69) is 4.90 Å². The summed E-state index contributed by atoms with van der Waals surface area (Å²) >= 11 is 0. The highest BCUT2D eigenvalue weighted by Gasteiger charge is 2.39. The molecule has 0 spiro atoms. The van der Waals surface area contributed by atoms with Crippen LogP contribution in [0.2, 0.25) is 0 Å². The molecule has 1 unspecified atom stereocenters. The Kier molecular flexibility index (Phi) is 4.57. The molecule has 0 radical (unpaired) electrons. The molecule has 2 saturated heterocycles. The molecule has 0 saturated carbocycles. The minimum Gasteiger partial charge on any atom is -0.372 e. The van der Waals surface area contributed by atoms with Gasteiger partial charge < -0.3 is 9.80 Å². The van der Waals surface area contributed by atoms with Crippen LogP contribution in [0.5, 0.6) is 0 Å². The van der Waals surface area contributed by atoms with E-state index in [0.717, 1.165) is 18.8 Å². The number of hydrogen-bond acceptors (Lipinski definition) is 4. The van der Waals surface area contributed by atoms with Crippen LogP contribution in [-0.2, 0) is 15.0 Å². The monoisotopic (exact) mass is 340 g/mol. The fourth-order valence-electron chi connectivity index (χ4n) is 3.29. The molecule has 126 valence electrons. The van der Waals surface area contributed by atoms with E-state index in [0.29, 0.717) is 5.69 Å². The van der Waals surface area contributed by atoms with Crippen molar-refractivity contribution in [2.75, 3.05) is 29.4 Å². The zero-order valence-corrected chi connectivity index (χ0v) is 13.8. The molecule has 2 aliphatic heterocycles. The fraction of sp³-hybridized carbons (Fsp3) is 0.562. The van der Waals surface area contributed by atoms with Gasteiger partial charge in [-0.25, -0.2) is 0 Å². The van der Waals surface area contributed by atoms with Gasteiger partial charge in [0, 0.05) is 37.4 Å². The Hall–Kier alpha value is -1.63. The second-order valence-corrected chi connectivity index (χ2v) is 7.84. The van der Waals surface area contributed by atoms with Gasteiger partial charge in [-0.2, -0.15) is 8.42 Å². The number of rotatable bonds is 3. The Morgan fingerprint density at radius 3 is 2.04 bits per heavy atom. The Labute approximate surface area is 136 Å². The average Bonchev–Trinajstić information content (AvgIpc) is 2.74. The molecule has 23 heavy (non-hydrogen) atoms. The summed E-state index contributed by atoms with van der Waals surface area (Å²) in [6, 6.07) is 7.52. The maximum absolute atomic E-state index is 13.1. The number of amides is 1. The smallest absolute Gasteiger partial charge is 0.307 e. The molecule has 0 bridgehead atoms. The molecule has 0 N–H and O–H groups in total. The molecular formula is C16H21FN2O3S. The van der Waals surface area contributed by atoms with Gasteiger partial charge in [-0.15, -0.1) is 3.89 Å². The van der Waals surface area contributed by atoms with E-state index in [4.69, 9.17) is 0 Å². The van der Waals surface area contributed by atoms with Crippen molar-refractivity contribution in [1.82, 2.24) is 0 Å². The second-order valence-electron chi connectivity index (χ2n) is 6.22. The van der Waals surface area contributed by atoms with Crippen LogP contribution in [0.1, 0.15) is 32.1 Å². The van der Waals surface area contributed by atoms with Gasteiger partial charge in [-0.1, -0.05) is 12.8 Å². The third kappa shape index (κ3) is 3.65. The molecule has 1 atom stereocenters.